The van der Waals surface area contributed by atoms with Gasteiger partial charge in [0.1, 0.15) is 0 Å². The number of aromatic nitrogens is 2. The van der Waals surface area contributed by atoms with Crippen LogP contribution in [0.2, 0.25) is 0 Å². The van der Waals surface area contributed by atoms with E-state index in [9.17, 15) is 18.0 Å². The van der Waals surface area contributed by atoms with E-state index in [-0.39, 0.29) is 29.7 Å². The molecule has 2 heterocycles. The van der Waals surface area contributed by atoms with Crippen LogP contribution in [0.3, 0.4) is 0 Å². The molecule has 1 aliphatic heterocycles. The molecule has 9 heteroatoms. The second-order valence-corrected chi connectivity index (χ2v) is 6.10. The lowest BCUT2D eigenvalue weighted by Gasteiger charge is -2.09. The fourth-order valence-electron chi connectivity index (χ4n) is 2.85. The molecular weight excluding hydrogens is 369 g/mol. The Morgan fingerprint density at radius 2 is 2.15 bits per heavy atom. The monoisotopic (exact) mass is 388 g/mol. The Morgan fingerprint density at radius 1 is 1.35 bits per heavy atom. The van der Waals surface area contributed by atoms with Gasteiger partial charge in [0.05, 0.1) is 11.3 Å². The van der Waals surface area contributed by atoms with Crippen molar-refractivity contribution in [1.29, 1.82) is 0 Å². The quantitative estimate of drug-likeness (QED) is 0.827. The number of hydrogen-bond acceptors (Lipinski definition) is 3. The molecule has 0 bridgehead atoms. The summed E-state index contributed by atoms with van der Waals surface area (Å²) >= 11 is 0. The molecule has 2 aromatic rings. The number of hydrogen-bond donors (Lipinski definition) is 2. The maximum absolute atomic E-state index is 12.8. The Labute approximate surface area is 155 Å². The Balaban J connectivity index is 0.00000243. The number of nitrogens with one attached hydrogen (secondary N) is 2. The van der Waals surface area contributed by atoms with Gasteiger partial charge in [-0.05, 0) is 56.1 Å². The maximum Gasteiger partial charge on any atom is 0.416 e. The normalized spacial score (nSPS) is 17.0. The third-order valence-corrected chi connectivity index (χ3v) is 4.26. The molecule has 0 spiro atoms. The molecule has 0 saturated carbocycles. The molecule has 1 amide bonds. The van der Waals surface area contributed by atoms with E-state index in [1.165, 1.54) is 29.1 Å². The number of carbonyl (C=O) groups is 1. The molecule has 1 saturated heterocycles. The van der Waals surface area contributed by atoms with Gasteiger partial charge in [-0.15, -0.1) is 12.4 Å². The molecule has 1 aromatic carbocycles. The molecule has 1 fully saturated rings. The molecule has 1 unspecified atom stereocenters. The Kier molecular flexibility index (Phi) is 6.66. The van der Waals surface area contributed by atoms with Crippen LogP contribution in [0.4, 0.5) is 13.2 Å². The summed E-state index contributed by atoms with van der Waals surface area (Å²) in [6.07, 6.45) is -0.934. The zero-order chi connectivity index (χ0) is 17.9. The summed E-state index contributed by atoms with van der Waals surface area (Å²) in [6, 6.07) is 6.32. The highest BCUT2D eigenvalue weighted by Gasteiger charge is 2.30. The van der Waals surface area contributed by atoms with Gasteiger partial charge in [0.2, 0.25) is 0 Å². The van der Waals surface area contributed by atoms with Crippen molar-refractivity contribution in [1.82, 2.24) is 20.4 Å². The van der Waals surface area contributed by atoms with E-state index in [1.807, 2.05) is 0 Å². The number of halogens is 4. The lowest BCUT2D eigenvalue weighted by Crippen LogP contribution is -2.26. The smallest absolute Gasteiger partial charge is 0.351 e. The van der Waals surface area contributed by atoms with Crippen molar-refractivity contribution in [2.75, 3.05) is 19.6 Å². The minimum absolute atomic E-state index is 0. The molecule has 0 radical (unpaired) electrons. The molecule has 5 nitrogen and oxygen atoms in total. The Hall–Kier alpha value is -2.06. The van der Waals surface area contributed by atoms with E-state index >= 15 is 0 Å². The van der Waals surface area contributed by atoms with Crippen molar-refractivity contribution in [2.45, 2.75) is 19.0 Å². The van der Waals surface area contributed by atoms with E-state index in [0.717, 1.165) is 38.1 Å². The summed E-state index contributed by atoms with van der Waals surface area (Å²) in [7, 11) is 0. The van der Waals surface area contributed by atoms with Crippen LogP contribution in [-0.4, -0.2) is 35.3 Å². The SMILES string of the molecule is Cl.O=C(NCCC1CCNC1)c1ccn(-c2cccc(C(F)(F)F)c2)n1. The van der Waals surface area contributed by atoms with Crippen molar-refractivity contribution < 1.29 is 18.0 Å². The standard InChI is InChI=1S/C17H19F3N4O.ClH/c18-17(19,20)13-2-1-3-14(10-13)24-9-6-15(23-24)16(25)22-8-5-12-4-7-21-11-12;/h1-3,6,9-10,12,21H,4-5,7-8,11H2,(H,22,25);1H. The van der Waals surface area contributed by atoms with Crippen LogP contribution in [0.25, 0.3) is 5.69 Å². The third-order valence-electron chi connectivity index (χ3n) is 4.26. The number of alkyl halides is 3. The van der Waals surface area contributed by atoms with Gasteiger partial charge in [-0.2, -0.15) is 18.3 Å². The van der Waals surface area contributed by atoms with Crippen LogP contribution in [0.5, 0.6) is 0 Å². The van der Waals surface area contributed by atoms with E-state index in [4.69, 9.17) is 0 Å². The van der Waals surface area contributed by atoms with Gasteiger partial charge in [-0.25, -0.2) is 4.68 Å². The highest BCUT2D eigenvalue weighted by Crippen LogP contribution is 2.30. The highest BCUT2D eigenvalue weighted by atomic mass is 35.5. The van der Waals surface area contributed by atoms with E-state index in [2.05, 4.69) is 15.7 Å². The van der Waals surface area contributed by atoms with Crippen LogP contribution < -0.4 is 10.6 Å². The predicted molar refractivity (Wildman–Crippen MR) is 93.7 cm³/mol. The second-order valence-electron chi connectivity index (χ2n) is 6.10. The largest absolute Gasteiger partial charge is 0.416 e. The van der Waals surface area contributed by atoms with E-state index in [1.54, 1.807) is 0 Å². The zero-order valence-corrected chi connectivity index (χ0v) is 14.7. The first-order valence-corrected chi connectivity index (χ1v) is 8.16. The number of nitrogens with zero attached hydrogens (tertiary/aromatic N) is 2. The van der Waals surface area contributed by atoms with Crippen molar-refractivity contribution in [3.63, 3.8) is 0 Å². The van der Waals surface area contributed by atoms with Crippen LogP contribution in [-0.2, 0) is 6.18 Å². The van der Waals surface area contributed by atoms with Crippen molar-refractivity contribution in [2.24, 2.45) is 5.92 Å². The van der Waals surface area contributed by atoms with Crippen LogP contribution in [0.15, 0.2) is 36.5 Å². The number of carbonyl (C=O) groups excluding carboxylic acids is 1. The molecule has 26 heavy (non-hydrogen) atoms. The number of rotatable bonds is 5. The first-order valence-electron chi connectivity index (χ1n) is 8.16. The molecule has 142 valence electrons. The lowest BCUT2D eigenvalue weighted by atomic mass is 10.1. The van der Waals surface area contributed by atoms with Crippen molar-refractivity contribution in [3.8, 4) is 5.69 Å². The summed E-state index contributed by atoms with van der Waals surface area (Å²) in [5.74, 6) is 0.250. The summed E-state index contributed by atoms with van der Waals surface area (Å²) in [5, 5.41) is 10.2. The summed E-state index contributed by atoms with van der Waals surface area (Å²) < 4.78 is 39.6. The number of benzene rings is 1. The maximum atomic E-state index is 12.8. The van der Waals surface area contributed by atoms with Crippen molar-refractivity contribution >= 4 is 18.3 Å². The van der Waals surface area contributed by atoms with Gasteiger partial charge >= 0.3 is 6.18 Å². The number of amides is 1. The molecule has 1 aliphatic rings. The second kappa shape index (κ2) is 8.55. The van der Waals surface area contributed by atoms with E-state index < -0.39 is 11.7 Å². The predicted octanol–water partition coefficient (Wildman–Crippen LogP) is 3.04. The molecular formula is C17H20ClF3N4O. The minimum atomic E-state index is -4.42. The van der Waals surface area contributed by atoms with Gasteiger partial charge in [0, 0.05) is 12.7 Å². The topological polar surface area (TPSA) is 59.0 Å². The molecule has 1 aromatic heterocycles. The Bertz CT molecular complexity index is 742. The van der Waals surface area contributed by atoms with Crippen LogP contribution in [0.1, 0.15) is 28.9 Å². The zero-order valence-electron chi connectivity index (χ0n) is 13.9. The highest BCUT2D eigenvalue weighted by molar-refractivity contribution is 5.92. The molecule has 0 aliphatic carbocycles. The van der Waals surface area contributed by atoms with Crippen LogP contribution in [0, 0.1) is 5.92 Å². The first-order chi connectivity index (χ1) is 11.9. The summed E-state index contributed by atoms with van der Waals surface area (Å²) in [4.78, 5) is 12.1. The average Bonchev–Trinajstić information content (AvgIpc) is 3.26. The van der Waals surface area contributed by atoms with Gasteiger partial charge in [0.25, 0.3) is 5.91 Å². The van der Waals surface area contributed by atoms with Crippen LogP contribution >= 0.6 is 12.4 Å². The minimum Gasteiger partial charge on any atom is -0.351 e. The summed E-state index contributed by atoms with van der Waals surface area (Å²) in [6.45, 7) is 2.54. The average molecular weight is 389 g/mol. The van der Waals surface area contributed by atoms with E-state index in [0.29, 0.717) is 12.5 Å². The molecule has 2 N–H and O–H groups in total. The first kappa shape index (κ1) is 20.3. The van der Waals surface area contributed by atoms with Gasteiger partial charge in [0.15, 0.2) is 5.69 Å². The van der Waals surface area contributed by atoms with Gasteiger partial charge < -0.3 is 10.6 Å². The van der Waals surface area contributed by atoms with Gasteiger partial charge in [-0.3, -0.25) is 4.79 Å². The van der Waals surface area contributed by atoms with Crippen molar-refractivity contribution in [3.05, 3.63) is 47.8 Å². The molecule has 1 atom stereocenters. The Morgan fingerprint density at radius 3 is 2.85 bits per heavy atom. The van der Waals surface area contributed by atoms with Gasteiger partial charge in [-0.1, -0.05) is 6.07 Å². The lowest BCUT2D eigenvalue weighted by molar-refractivity contribution is -0.137. The fourth-order valence-corrected chi connectivity index (χ4v) is 2.85. The molecule has 3 rings (SSSR count). The fraction of sp³-hybridized carbons (Fsp3) is 0.412. The third kappa shape index (κ3) is 4.98. The summed E-state index contributed by atoms with van der Waals surface area (Å²) in [5.41, 5.74) is -0.315.